The molecule has 6 aliphatic rings. The van der Waals surface area contributed by atoms with Gasteiger partial charge in [-0.15, -0.1) is 0 Å². The van der Waals surface area contributed by atoms with Gasteiger partial charge in [0.1, 0.15) is 29.5 Å². The number of aliphatic hydroxyl groups is 3. The van der Waals surface area contributed by atoms with Gasteiger partial charge in [0.2, 0.25) is 0 Å². The zero-order valence-corrected chi connectivity index (χ0v) is 37.6. The molecule has 5 fully saturated rings. The number of phenols is 1. The fourth-order valence-corrected chi connectivity index (χ4v) is 12.8. The highest BCUT2D eigenvalue weighted by Crippen LogP contribution is 2.65. The van der Waals surface area contributed by atoms with Crippen molar-refractivity contribution in [3.8, 4) is 5.75 Å². The van der Waals surface area contributed by atoms with E-state index in [4.69, 9.17) is 4.74 Å². The van der Waals surface area contributed by atoms with E-state index in [0.29, 0.717) is 54.5 Å². The lowest BCUT2D eigenvalue weighted by atomic mass is 9.53. The summed E-state index contributed by atoms with van der Waals surface area (Å²) in [5.74, 6) is 2.39. The molecule has 1 amide bonds. The van der Waals surface area contributed by atoms with Gasteiger partial charge < -0.3 is 45.6 Å². The number of aliphatic hydroxyl groups excluding tert-OH is 2. The highest BCUT2D eigenvalue weighted by atomic mass is 19.4. The second-order valence-electron chi connectivity index (χ2n) is 20.3. The zero-order chi connectivity index (χ0) is 45.5. The fourth-order valence-electron chi connectivity index (χ4n) is 12.8. The summed E-state index contributed by atoms with van der Waals surface area (Å²) in [6.07, 6.45) is 2.04. The van der Waals surface area contributed by atoms with Crippen LogP contribution in [0.3, 0.4) is 0 Å². The molecule has 3 aliphatic carbocycles. The van der Waals surface area contributed by atoms with Crippen LogP contribution in [0.4, 0.5) is 24.7 Å². The molecular weight excluding hydrogens is 838 g/mol. The van der Waals surface area contributed by atoms with Crippen molar-refractivity contribution in [1.82, 2.24) is 20.1 Å². The molecule has 2 aromatic carbocycles. The first-order valence-corrected chi connectivity index (χ1v) is 24.1. The van der Waals surface area contributed by atoms with E-state index in [1.165, 1.54) is 23.3 Å². The third-order valence-electron chi connectivity index (χ3n) is 16.6. The highest BCUT2D eigenvalue weighted by Gasteiger charge is 2.61. The van der Waals surface area contributed by atoms with Crippen molar-refractivity contribution in [3.05, 3.63) is 83.0 Å². The molecule has 9 atom stereocenters. The van der Waals surface area contributed by atoms with Crippen LogP contribution in [0.15, 0.2) is 60.7 Å². The Morgan fingerprint density at radius 1 is 0.892 bits per heavy atom. The molecule has 2 saturated carbocycles. The number of fused-ring (bicyclic) bond motifs is 5. The maximum Gasteiger partial charge on any atom is 0.433 e. The van der Waals surface area contributed by atoms with E-state index < -0.39 is 41.8 Å². The van der Waals surface area contributed by atoms with Gasteiger partial charge in [-0.1, -0.05) is 19.1 Å². The Labute approximate surface area is 380 Å². The van der Waals surface area contributed by atoms with Crippen LogP contribution in [0.1, 0.15) is 97.8 Å². The Hall–Kier alpha value is -3.99. The summed E-state index contributed by atoms with van der Waals surface area (Å²) in [6, 6.07) is 16.6. The van der Waals surface area contributed by atoms with E-state index in [0.717, 1.165) is 115 Å². The molecule has 3 aromatic rings. The van der Waals surface area contributed by atoms with Gasteiger partial charge in [-0.25, -0.2) is 4.98 Å². The number of aromatic hydroxyl groups is 1. The van der Waals surface area contributed by atoms with Crippen LogP contribution in [-0.4, -0.2) is 137 Å². The van der Waals surface area contributed by atoms with E-state index >= 15 is 0 Å². The monoisotopic (exact) mass is 905 g/mol. The molecule has 0 spiro atoms. The van der Waals surface area contributed by atoms with Gasteiger partial charge in [0.05, 0.1) is 24.4 Å². The molecule has 4 heterocycles. The SMILES string of the molecule is C[C@]12CC[C@@H]3c4ccc(O)cc4CC[C@H]3[C@@H]1CC[C@@]2(O)CCCNC(=O)c1ccc(N2CCC(CN3CCN(C[C@H]4OC[C@H](Nc5cccc(C(F)(F)F)n5)[C@@H](O)[C@H]4O)CC3)CC2)cc1. The predicted molar refractivity (Wildman–Crippen MR) is 242 cm³/mol. The molecule has 6 N–H and O–H groups in total. The molecule has 12 nitrogen and oxygen atoms in total. The number of nitrogens with one attached hydrogen (secondary N) is 2. The molecule has 0 bridgehead atoms. The lowest BCUT2D eigenvalue weighted by molar-refractivity contribution is -0.148. The Morgan fingerprint density at radius 2 is 1.63 bits per heavy atom. The van der Waals surface area contributed by atoms with Gasteiger partial charge in [-0.3, -0.25) is 9.69 Å². The number of nitrogens with zero attached hydrogens (tertiary/aromatic N) is 4. The Bertz CT molecular complexity index is 2110. The second kappa shape index (κ2) is 19.0. The molecule has 9 rings (SSSR count). The van der Waals surface area contributed by atoms with Crippen LogP contribution >= 0.6 is 0 Å². The Morgan fingerprint density at radius 3 is 2.37 bits per heavy atom. The average Bonchev–Trinajstić information content (AvgIpc) is 3.57. The normalized spacial score (nSPS) is 32.4. The number of piperazine rings is 1. The van der Waals surface area contributed by atoms with Gasteiger partial charge in [0.15, 0.2) is 0 Å². The lowest BCUT2D eigenvalue weighted by Crippen LogP contribution is -2.59. The van der Waals surface area contributed by atoms with Gasteiger partial charge in [-0.05, 0) is 153 Å². The van der Waals surface area contributed by atoms with Crippen molar-refractivity contribution in [1.29, 1.82) is 0 Å². The van der Waals surface area contributed by atoms with Crippen LogP contribution in [0.25, 0.3) is 0 Å². The molecule has 3 aliphatic heterocycles. The number of pyridine rings is 1. The van der Waals surface area contributed by atoms with Crippen LogP contribution < -0.4 is 15.5 Å². The molecule has 65 heavy (non-hydrogen) atoms. The first-order chi connectivity index (χ1) is 31.2. The largest absolute Gasteiger partial charge is 0.508 e. The van der Waals surface area contributed by atoms with Gasteiger partial charge in [0.25, 0.3) is 5.91 Å². The van der Waals surface area contributed by atoms with E-state index in [-0.39, 0.29) is 23.7 Å². The van der Waals surface area contributed by atoms with E-state index in [1.807, 2.05) is 24.3 Å². The fraction of sp³-hybridized carbons (Fsp3) is 0.640. The average molecular weight is 905 g/mol. The highest BCUT2D eigenvalue weighted by molar-refractivity contribution is 5.94. The van der Waals surface area contributed by atoms with Crippen molar-refractivity contribution in [3.63, 3.8) is 0 Å². The maximum atomic E-state index is 13.2. The number of halogens is 3. The van der Waals surface area contributed by atoms with Crippen molar-refractivity contribution in [2.24, 2.45) is 23.2 Å². The number of phenolic OH excluding ortho intramolecular Hbond substituents is 1. The summed E-state index contributed by atoms with van der Waals surface area (Å²) in [5.41, 5.74) is 2.60. The van der Waals surface area contributed by atoms with Crippen LogP contribution in [-0.2, 0) is 17.3 Å². The number of amides is 1. The summed E-state index contributed by atoms with van der Waals surface area (Å²) >= 11 is 0. The quantitative estimate of drug-likeness (QED) is 0.118. The molecule has 0 radical (unpaired) electrons. The predicted octanol–water partition coefficient (Wildman–Crippen LogP) is 6.04. The van der Waals surface area contributed by atoms with Crippen LogP contribution in [0.2, 0.25) is 0 Å². The number of carbonyl (C=O) groups is 1. The minimum atomic E-state index is -4.59. The summed E-state index contributed by atoms with van der Waals surface area (Å²) in [4.78, 5) is 23.9. The number of ether oxygens (including phenoxy) is 1. The van der Waals surface area contributed by atoms with Gasteiger partial charge in [0, 0.05) is 70.2 Å². The molecular formula is C50H67F3N6O6. The Kier molecular flexibility index (Phi) is 13.5. The number of hydrogen-bond donors (Lipinski definition) is 6. The number of piperidine rings is 1. The first-order valence-electron chi connectivity index (χ1n) is 24.1. The number of benzene rings is 2. The maximum absolute atomic E-state index is 13.2. The summed E-state index contributed by atoms with van der Waals surface area (Å²) < 4.78 is 45.3. The number of anilines is 2. The van der Waals surface area contributed by atoms with E-state index in [2.05, 4.69) is 55.4 Å². The second-order valence-corrected chi connectivity index (χ2v) is 20.3. The summed E-state index contributed by atoms with van der Waals surface area (Å²) in [6.45, 7) is 9.69. The third-order valence-corrected chi connectivity index (χ3v) is 16.6. The number of alkyl halides is 3. The van der Waals surface area contributed by atoms with Crippen molar-refractivity contribution < 1.29 is 43.1 Å². The van der Waals surface area contributed by atoms with Crippen molar-refractivity contribution in [2.75, 3.05) is 75.7 Å². The summed E-state index contributed by atoms with van der Waals surface area (Å²) in [7, 11) is 0. The van der Waals surface area contributed by atoms with Crippen molar-refractivity contribution in [2.45, 2.75) is 113 Å². The molecule has 354 valence electrons. The van der Waals surface area contributed by atoms with Gasteiger partial charge >= 0.3 is 6.18 Å². The Balaban J connectivity index is 0.661. The zero-order valence-electron chi connectivity index (χ0n) is 37.6. The van der Waals surface area contributed by atoms with Crippen LogP contribution in [0.5, 0.6) is 5.75 Å². The number of carbonyl (C=O) groups excluding carboxylic acids is 1. The topological polar surface area (TPSA) is 154 Å². The minimum Gasteiger partial charge on any atom is -0.508 e. The molecule has 1 aromatic heterocycles. The number of hydrogen-bond acceptors (Lipinski definition) is 11. The molecule has 3 saturated heterocycles. The first kappa shape index (κ1) is 46.1. The summed E-state index contributed by atoms with van der Waals surface area (Å²) in [5, 5.41) is 49.8. The number of aryl methyl sites for hydroxylation is 1. The lowest BCUT2D eigenvalue weighted by Gasteiger charge is -2.53. The van der Waals surface area contributed by atoms with E-state index in [1.54, 1.807) is 0 Å². The van der Waals surface area contributed by atoms with Gasteiger partial charge in [-0.2, -0.15) is 13.2 Å². The number of aromatic nitrogens is 1. The standard InChI is InChI=1S/C50H67F3N6O6/c1-48-19-14-38-37-13-11-36(60)28-34(37)8-12-39(38)40(48)15-20-49(48,64)18-3-21-54-47(63)33-6-9-35(10-7-33)59-22-16-32(17-23-59)29-57-24-26-58(27-25-57)30-42-46(62)45(61)41(31-65-42)55-44-5-2-4-43(56-44)50(51,52)53/h2,4-7,9-11,13,28,32,38-42,45-46,60-62,64H,3,8,12,14-27,29-31H2,1H3,(H,54,63)(H,55,56)/t38-,39-,40+,41+,42-,45-,46+,48+,49+/m1/s1. The smallest absolute Gasteiger partial charge is 0.433 e. The van der Waals surface area contributed by atoms with Crippen LogP contribution in [0, 0.1) is 23.2 Å². The third kappa shape index (κ3) is 9.74. The number of rotatable bonds is 12. The van der Waals surface area contributed by atoms with Crippen molar-refractivity contribution >= 4 is 17.4 Å². The molecule has 0 unspecified atom stereocenters. The van der Waals surface area contributed by atoms with E-state index in [9.17, 15) is 38.4 Å². The molecule has 15 heteroatoms. The minimum absolute atomic E-state index is 0.0270.